The Morgan fingerprint density at radius 1 is 0.722 bits per heavy atom. The summed E-state index contributed by atoms with van der Waals surface area (Å²) < 4.78 is 34.1. The molecule has 0 atom stereocenters. The minimum absolute atomic E-state index is 0. The van der Waals surface area contributed by atoms with Crippen molar-refractivity contribution < 1.29 is 37.0 Å². The van der Waals surface area contributed by atoms with Crippen LogP contribution >= 0.6 is 36.7 Å². The minimum atomic E-state index is -5.17. The molecule has 0 radical (unpaired) electrons. The Labute approximate surface area is 133 Å². The molecule has 0 heterocycles. The Morgan fingerprint density at radius 2 is 0.722 bits per heavy atom. The van der Waals surface area contributed by atoms with Gasteiger partial charge in [-0.1, -0.05) is 0 Å². The zero-order valence-electron chi connectivity index (χ0n) is 8.94. The van der Waals surface area contributed by atoms with Crippen LogP contribution in [-0.4, -0.2) is 32.9 Å². The van der Waals surface area contributed by atoms with Gasteiger partial charge in [-0.15, -0.1) is 0 Å². The maximum Gasteiger partial charge on any atom is 2.00 e. The molecule has 0 aromatic rings. The van der Waals surface area contributed by atoms with E-state index in [1.807, 2.05) is 0 Å². The maximum atomic E-state index is 8.52. The number of hydrogen-bond donors (Lipinski definition) is 6. The van der Waals surface area contributed by atoms with Gasteiger partial charge >= 0.3 is 19.5 Å². The molecule has 0 rings (SSSR count). The van der Waals surface area contributed by atoms with Crippen LogP contribution in [0.15, 0.2) is 0 Å². The smallest absolute Gasteiger partial charge is 0.759 e. The van der Waals surface area contributed by atoms with Gasteiger partial charge < -0.3 is 43.5 Å². The van der Waals surface area contributed by atoms with E-state index in [4.69, 9.17) is 17.5 Å². The molecule has 0 bridgehead atoms. The summed E-state index contributed by atoms with van der Waals surface area (Å²) in [5.74, 6) is 0. The fourth-order valence-electron chi connectivity index (χ4n) is 0. The second-order valence-electron chi connectivity index (χ2n) is 1.62. The molecule has 0 unspecified atom stereocenters. The van der Waals surface area contributed by atoms with E-state index in [2.05, 4.69) is 71.1 Å². The molecule has 0 aliphatic rings. The third kappa shape index (κ3) is 17300. The average molecular weight is 390 g/mol. The van der Waals surface area contributed by atoms with Crippen LogP contribution in [0.1, 0.15) is 0 Å². The van der Waals surface area contributed by atoms with Crippen LogP contribution in [0.4, 0.5) is 0 Å². The van der Waals surface area contributed by atoms with E-state index in [9.17, 15) is 0 Å². The molecular weight excluding hydrogens is 378 g/mol. The van der Waals surface area contributed by atoms with Gasteiger partial charge in [0.2, 0.25) is 0 Å². The largest absolute Gasteiger partial charge is 2.00 e. The van der Waals surface area contributed by atoms with Gasteiger partial charge in [0, 0.05) is 10.4 Å². The zero-order chi connectivity index (χ0) is 15.2. The van der Waals surface area contributed by atoms with Crippen molar-refractivity contribution in [2.45, 2.75) is 0 Å². The Bertz CT molecular complexity index is 285. The van der Waals surface area contributed by atoms with E-state index < -0.39 is 10.4 Å². The predicted molar refractivity (Wildman–Crippen MR) is 73.4 cm³/mol. The van der Waals surface area contributed by atoms with Gasteiger partial charge in [0.05, 0.1) is 0 Å². The third-order valence-electron chi connectivity index (χ3n) is 0. The van der Waals surface area contributed by atoms with Gasteiger partial charge in [-0.2, -0.15) is 0 Å². The van der Waals surface area contributed by atoms with Crippen molar-refractivity contribution >= 4 is 62.4 Å². The van der Waals surface area contributed by atoms with Crippen molar-refractivity contribution in [2.75, 3.05) is 0 Å². The summed E-state index contributed by atoms with van der Waals surface area (Å²) >= 11 is 12.3. The van der Waals surface area contributed by atoms with E-state index in [-0.39, 0.29) is 34.8 Å². The molecule has 104 valence electrons. The van der Waals surface area contributed by atoms with Crippen LogP contribution in [0.2, 0.25) is 0 Å². The molecule has 18 heavy (non-hydrogen) atoms. The fourth-order valence-corrected chi connectivity index (χ4v) is 0. The summed E-state index contributed by atoms with van der Waals surface area (Å²) in [5, 5.41) is 0.000000000000000666. The maximum absolute atomic E-state index is 8.52. The molecule has 0 saturated carbocycles. The first kappa shape index (κ1) is 30.5. The summed E-state index contributed by atoms with van der Waals surface area (Å²) in [7, 11) is -5.17. The molecule has 0 spiro atoms. The molecule has 10 nitrogen and oxygen atoms in total. The van der Waals surface area contributed by atoms with Gasteiger partial charge in [-0.3, -0.25) is 8.42 Å². The van der Waals surface area contributed by atoms with Gasteiger partial charge in [-0.25, -0.2) is 0 Å². The molecule has 15 heteroatoms. The van der Waals surface area contributed by atoms with E-state index >= 15 is 0 Å². The van der Waals surface area contributed by atoms with Gasteiger partial charge in [-0.05, 0) is 36.7 Å². The van der Waals surface area contributed by atoms with E-state index in [0.717, 1.165) is 0 Å². The standard InChI is InChI=1S/3CH4N2S.H2O4S.Zn/c3*2-1(3)4;1-5(2,3)4;/h3*(H4,2,3,4);(H2,1,2,3,4);/q;;;;+2/p-2. The topological polar surface area (TPSA) is 236 Å². The van der Waals surface area contributed by atoms with Gasteiger partial charge in [0.15, 0.2) is 15.3 Å². The van der Waals surface area contributed by atoms with Crippen LogP contribution in [0.3, 0.4) is 0 Å². The fraction of sp³-hybridized carbons (Fsp3) is 0. The molecule has 0 aromatic heterocycles. The van der Waals surface area contributed by atoms with Crippen molar-refractivity contribution in [1.29, 1.82) is 0 Å². The molecule has 0 fully saturated rings. The number of nitrogens with two attached hydrogens (primary N) is 6. The first-order valence-corrected chi connectivity index (χ1v) is 5.57. The summed E-state index contributed by atoms with van der Waals surface area (Å²) in [6.45, 7) is 0. The monoisotopic (exact) mass is 388 g/mol. The van der Waals surface area contributed by atoms with Gasteiger partial charge in [0.1, 0.15) is 0 Å². The van der Waals surface area contributed by atoms with Crippen LogP contribution in [0, 0.1) is 0 Å². The predicted octanol–water partition coefficient (Wildman–Crippen LogP) is -3.77. The van der Waals surface area contributed by atoms with E-state index in [0.29, 0.717) is 0 Å². The summed E-state index contributed by atoms with van der Waals surface area (Å²) in [5.41, 5.74) is 27.7. The second-order valence-corrected chi connectivity index (χ2v) is 3.85. The van der Waals surface area contributed by atoms with E-state index in [1.54, 1.807) is 0 Å². The number of hydrogen-bond acceptors (Lipinski definition) is 7. The van der Waals surface area contributed by atoms with Crippen LogP contribution in [0.25, 0.3) is 0 Å². The molecule has 0 amide bonds. The van der Waals surface area contributed by atoms with Crippen LogP contribution in [0.5, 0.6) is 0 Å². The minimum Gasteiger partial charge on any atom is -0.759 e. The number of thiocarbonyl (C=S) groups is 3. The Morgan fingerprint density at radius 3 is 0.722 bits per heavy atom. The Hall–Kier alpha value is -0.437. The van der Waals surface area contributed by atoms with Crippen LogP contribution in [-0.2, 0) is 29.9 Å². The molecular formula is C3H12N6O4S4Zn. The summed E-state index contributed by atoms with van der Waals surface area (Å²) in [6.07, 6.45) is 0. The number of rotatable bonds is 0. The first-order chi connectivity index (χ1) is 7.20. The summed E-state index contributed by atoms with van der Waals surface area (Å²) in [6, 6.07) is 0. The van der Waals surface area contributed by atoms with Gasteiger partial charge in [0.25, 0.3) is 0 Å². The molecule has 0 aliphatic heterocycles. The van der Waals surface area contributed by atoms with Crippen LogP contribution < -0.4 is 34.4 Å². The molecule has 12 N–H and O–H groups in total. The SMILES string of the molecule is NC(N)=S.NC(N)=S.NC(N)=S.O=S(=O)([O-])[O-].[Zn+2]. The quantitative estimate of drug-likeness (QED) is 0.101. The first-order valence-electron chi connectivity index (χ1n) is 3.01. The Balaban J connectivity index is -0.0000000412. The summed E-state index contributed by atoms with van der Waals surface area (Å²) in [4.78, 5) is 0. The van der Waals surface area contributed by atoms with Crippen molar-refractivity contribution in [3.05, 3.63) is 0 Å². The molecule has 0 aliphatic carbocycles. The zero-order valence-corrected chi connectivity index (χ0v) is 15.2. The van der Waals surface area contributed by atoms with Crippen molar-refractivity contribution in [2.24, 2.45) is 34.4 Å². The Kier molecular flexibility index (Phi) is 32.1. The second kappa shape index (κ2) is 18.9. The van der Waals surface area contributed by atoms with E-state index in [1.165, 1.54) is 0 Å². The van der Waals surface area contributed by atoms with Crippen molar-refractivity contribution in [1.82, 2.24) is 0 Å². The third-order valence-corrected chi connectivity index (χ3v) is 0. The van der Waals surface area contributed by atoms with Crippen molar-refractivity contribution in [3.8, 4) is 0 Å². The van der Waals surface area contributed by atoms with Crippen molar-refractivity contribution in [3.63, 3.8) is 0 Å². The molecule has 0 saturated heterocycles. The normalized spacial score (nSPS) is 7.22. The average Bonchev–Trinajstić information content (AvgIpc) is 1.73. The molecule has 0 aromatic carbocycles.